The molecule has 0 spiro atoms. The average molecular weight is 405 g/mol. The summed E-state index contributed by atoms with van der Waals surface area (Å²) < 4.78 is 0. The Labute approximate surface area is 180 Å². The number of aliphatic hydroxyl groups excluding tert-OH is 2. The Bertz CT molecular complexity index is 547. The summed E-state index contributed by atoms with van der Waals surface area (Å²) in [5.41, 5.74) is 0.619. The van der Waals surface area contributed by atoms with Gasteiger partial charge >= 0.3 is 0 Å². The number of hydrogen-bond donors (Lipinski definition) is 2. The van der Waals surface area contributed by atoms with Crippen LogP contribution in [0.25, 0.3) is 0 Å². The first kappa shape index (κ1) is 22.1. The van der Waals surface area contributed by atoms with Crippen LogP contribution in [-0.2, 0) is 0 Å². The number of fused-ring (bicyclic) bond motifs is 5. The Morgan fingerprint density at radius 3 is 2.34 bits per heavy atom. The van der Waals surface area contributed by atoms with Gasteiger partial charge in [-0.25, -0.2) is 0 Å². The lowest BCUT2D eigenvalue weighted by Crippen LogP contribution is -2.59. The third-order valence-corrected chi connectivity index (χ3v) is 10.8. The van der Waals surface area contributed by atoms with Crippen LogP contribution in [0.3, 0.4) is 0 Å². The van der Waals surface area contributed by atoms with E-state index in [2.05, 4.69) is 20.8 Å². The number of rotatable bonds is 7. The Kier molecular flexibility index (Phi) is 6.72. The van der Waals surface area contributed by atoms with E-state index >= 15 is 0 Å². The molecule has 2 heteroatoms. The number of hydrogen-bond acceptors (Lipinski definition) is 2. The molecule has 9 atom stereocenters. The van der Waals surface area contributed by atoms with Crippen LogP contribution in [0.15, 0.2) is 0 Å². The standard InChI is InChI=1S/C27H48O2/c1-4-5-6-7-8-9-10-19-12-14-23-22-13-11-20-17-21(28)18-25(29)27(20,3)24(22)15-16-26(19,23)2/h19-25,28-29H,4-18H2,1-3H3/t19-,20-,21-,22-,23-,24-,25-,26+,27-/m0/s1. The molecule has 0 bridgehead atoms. The summed E-state index contributed by atoms with van der Waals surface area (Å²) >= 11 is 0. The molecular weight excluding hydrogens is 356 g/mol. The largest absolute Gasteiger partial charge is 0.393 e. The molecule has 4 rings (SSSR count). The van der Waals surface area contributed by atoms with Crippen molar-refractivity contribution in [3.8, 4) is 0 Å². The van der Waals surface area contributed by atoms with Gasteiger partial charge in [0.15, 0.2) is 0 Å². The minimum absolute atomic E-state index is 0.0564. The molecule has 0 aromatic carbocycles. The Morgan fingerprint density at radius 1 is 0.793 bits per heavy atom. The fourth-order valence-electron chi connectivity index (χ4n) is 9.05. The Morgan fingerprint density at radius 2 is 1.55 bits per heavy atom. The minimum atomic E-state index is -0.297. The average Bonchev–Trinajstić information content (AvgIpc) is 3.02. The van der Waals surface area contributed by atoms with E-state index in [1.165, 1.54) is 83.5 Å². The smallest absolute Gasteiger partial charge is 0.0623 e. The van der Waals surface area contributed by atoms with Crippen LogP contribution in [0.2, 0.25) is 0 Å². The van der Waals surface area contributed by atoms with E-state index in [0.717, 1.165) is 24.2 Å². The van der Waals surface area contributed by atoms with Crippen LogP contribution in [-0.4, -0.2) is 22.4 Å². The Balaban J connectivity index is 1.40. The van der Waals surface area contributed by atoms with Crippen molar-refractivity contribution in [2.75, 3.05) is 0 Å². The van der Waals surface area contributed by atoms with E-state index in [1.54, 1.807) is 0 Å². The molecule has 0 amide bonds. The second-order valence-electron chi connectivity index (χ2n) is 12.0. The van der Waals surface area contributed by atoms with Crippen molar-refractivity contribution in [1.82, 2.24) is 0 Å². The molecule has 0 aromatic rings. The highest BCUT2D eigenvalue weighted by atomic mass is 16.3. The summed E-state index contributed by atoms with van der Waals surface area (Å²) in [4.78, 5) is 0. The first-order chi connectivity index (χ1) is 13.9. The van der Waals surface area contributed by atoms with Crippen molar-refractivity contribution in [1.29, 1.82) is 0 Å². The van der Waals surface area contributed by atoms with Gasteiger partial charge in [-0.1, -0.05) is 59.3 Å². The first-order valence-corrected chi connectivity index (χ1v) is 13.3. The molecular formula is C27H48O2. The number of aliphatic hydroxyl groups is 2. The van der Waals surface area contributed by atoms with Crippen LogP contribution in [0.1, 0.15) is 117 Å². The normalized spacial score (nSPS) is 49.3. The third-order valence-electron chi connectivity index (χ3n) is 10.8. The predicted molar refractivity (Wildman–Crippen MR) is 121 cm³/mol. The van der Waals surface area contributed by atoms with Crippen molar-refractivity contribution in [3.05, 3.63) is 0 Å². The van der Waals surface area contributed by atoms with Crippen LogP contribution < -0.4 is 0 Å². The zero-order valence-corrected chi connectivity index (χ0v) is 19.5. The molecule has 0 aromatic heterocycles. The van der Waals surface area contributed by atoms with Gasteiger partial charge in [-0.2, -0.15) is 0 Å². The molecule has 4 fully saturated rings. The lowest BCUT2D eigenvalue weighted by molar-refractivity contribution is -0.181. The quantitative estimate of drug-likeness (QED) is 0.462. The van der Waals surface area contributed by atoms with Gasteiger partial charge in [0.1, 0.15) is 0 Å². The van der Waals surface area contributed by atoms with E-state index < -0.39 is 0 Å². The van der Waals surface area contributed by atoms with Crippen molar-refractivity contribution < 1.29 is 10.2 Å². The van der Waals surface area contributed by atoms with Crippen molar-refractivity contribution >= 4 is 0 Å². The molecule has 0 aliphatic heterocycles. The molecule has 0 saturated heterocycles. The molecule has 2 N–H and O–H groups in total. The molecule has 4 saturated carbocycles. The van der Waals surface area contributed by atoms with Gasteiger partial charge in [-0.05, 0) is 98.2 Å². The molecule has 4 aliphatic carbocycles. The van der Waals surface area contributed by atoms with Crippen molar-refractivity contribution in [2.24, 2.45) is 40.4 Å². The van der Waals surface area contributed by atoms with Crippen molar-refractivity contribution in [3.63, 3.8) is 0 Å². The maximum Gasteiger partial charge on any atom is 0.0623 e. The van der Waals surface area contributed by atoms with Crippen LogP contribution in [0, 0.1) is 40.4 Å². The van der Waals surface area contributed by atoms with Gasteiger partial charge in [0, 0.05) is 0 Å². The highest BCUT2D eigenvalue weighted by Crippen LogP contribution is 2.67. The second kappa shape index (κ2) is 8.81. The monoisotopic (exact) mass is 404 g/mol. The molecule has 0 heterocycles. The van der Waals surface area contributed by atoms with Crippen LogP contribution in [0.4, 0.5) is 0 Å². The summed E-state index contributed by atoms with van der Waals surface area (Å²) in [5.74, 6) is 3.89. The van der Waals surface area contributed by atoms with E-state index in [0.29, 0.717) is 23.7 Å². The van der Waals surface area contributed by atoms with Crippen molar-refractivity contribution in [2.45, 2.75) is 129 Å². The fourth-order valence-corrected chi connectivity index (χ4v) is 9.05. The lowest BCUT2D eigenvalue weighted by Gasteiger charge is -2.62. The minimum Gasteiger partial charge on any atom is -0.393 e. The highest BCUT2D eigenvalue weighted by molar-refractivity contribution is 5.11. The molecule has 0 unspecified atom stereocenters. The zero-order chi connectivity index (χ0) is 20.6. The summed E-state index contributed by atoms with van der Waals surface area (Å²) in [6, 6.07) is 0. The van der Waals surface area contributed by atoms with E-state index in [1.807, 2.05) is 0 Å². The van der Waals surface area contributed by atoms with Gasteiger partial charge in [0.2, 0.25) is 0 Å². The SMILES string of the molecule is CCCCCCCC[C@H]1CC[C@H]2[C@@H]3CC[C@H]4C[C@H](O)C[C@H](O)[C@]4(C)[C@H]3CC[C@]12C. The van der Waals surface area contributed by atoms with Crippen LogP contribution in [0.5, 0.6) is 0 Å². The Hall–Kier alpha value is -0.0800. The third kappa shape index (κ3) is 3.84. The van der Waals surface area contributed by atoms with Gasteiger partial charge in [0.25, 0.3) is 0 Å². The fraction of sp³-hybridized carbons (Fsp3) is 1.00. The first-order valence-electron chi connectivity index (χ1n) is 13.3. The van der Waals surface area contributed by atoms with Crippen LogP contribution >= 0.6 is 0 Å². The van der Waals surface area contributed by atoms with E-state index in [-0.39, 0.29) is 17.6 Å². The lowest BCUT2D eigenvalue weighted by atomic mass is 9.44. The summed E-state index contributed by atoms with van der Waals surface area (Å²) in [6.07, 6.45) is 19.1. The maximum absolute atomic E-state index is 11.1. The van der Waals surface area contributed by atoms with E-state index in [4.69, 9.17) is 0 Å². The molecule has 4 aliphatic rings. The maximum atomic E-state index is 11.1. The van der Waals surface area contributed by atoms with E-state index in [9.17, 15) is 10.2 Å². The molecule has 0 radical (unpaired) electrons. The van der Waals surface area contributed by atoms with Gasteiger partial charge in [0.05, 0.1) is 12.2 Å². The number of unbranched alkanes of at least 4 members (excludes halogenated alkanes) is 5. The zero-order valence-electron chi connectivity index (χ0n) is 19.5. The molecule has 168 valence electrons. The molecule has 2 nitrogen and oxygen atoms in total. The van der Waals surface area contributed by atoms with Gasteiger partial charge < -0.3 is 10.2 Å². The highest BCUT2D eigenvalue weighted by Gasteiger charge is 2.61. The summed E-state index contributed by atoms with van der Waals surface area (Å²) in [6.45, 7) is 7.35. The molecule has 29 heavy (non-hydrogen) atoms. The van der Waals surface area contributed by atoms with Gasteiger partial charge in [-0.3, -0.25) is 0 Å². The summed E-state index contributed by atoms with van der Waals surface area (Å²) in [5, 5.41) is 21.3. The van der Waals surface area contributed by atoms with Gasteiger partial charge in [-0.15, -0.1) is 0 Å². The summed E-state index contributed by atoms with van der Waals surface area (Å²) in [7, 11) is 0. The second-order valence-corrected chi connectivity index (χ2v) is 12.0. The topological polar surface area (TPSA) is 40.5 Å². The predicted octanol–water partition coefficient (Wildman–Crippen LogP) is 6.73.